The molecule has 1 N–H and O–H groups in total. The van der Waals surface area contributed by atoms with E-state index in [1.165, 1.54) is 6.42 Å². The maximum Gasteiger partial charge on any atom is 0.170 e. The van der Waals surface area contributed by atoms with Crippen LogP contribution in [0.5, 0.6) is 0 Å². The van der Waals surface area contributed by atoms with Gasteiger partial charge in [0.05, 0.1) is 0 Å². The standard InChI is InChI=1S/C16H26FN3/c1-4-13-6-9-20(10-7-13)16-15(17)14(5-8-18-16)11-19-12(2)3/h5,8,12-13,19H,4,6-7,9-11H2,1-3H3. The van der Waals surface area contributed by atoms with Gasteiger partial charge in [0.15, 0.2) is 11.6 Å². The molecular formula is C16H26FN3. The van der Waals surface area contributed by atoms with Gasteiger partial charge >= 0.3 is 0 Å². The Bertz CT molecular complexity index is 426. The lowest BCUT2D eigenvalue weighted by atomic mass is 9.94. The first-order valence-electron chi connectivity index (χ1n) is 7.73. The zero-order valence-electron chi connectivity index (χ0n) is 12.8. The van der Waals surface area contributed by atoms with E-state index in [0.717, 1.165) is 31.8 Å². The Morgan fingerprint density at radius 2 is 2.10 bits per heavy atom. The second-order valence-corrected chi connectivity index (χ2v) is 5.98. The normalized spacial score (nSPS) is 16.9. The van der Waals surface area contributed by atoms with Crippen molar-refractivity contribution in [1.82, 2.24) is 10.3 Å². The first-order chi connectivity index (χ1) is 9.61. The summed E-state index contributed by atoms with van der Waals surface area (Å²) in [4.78, 5) is 6.36. The van der Waals surface area contributed by atoms with Crippen molar-refractivity contribution in [1.29, 1.82) is 0 Å². The number of halogens is 1. The molecule has 0 aliphatic carbocycles. The van der Waals surface area contributed by atoms with Crippen LogP contribution in [-0.2, 0) is 6.54 Å². The third-order valence-corrected chi connectivity index (χ3v) is 4.14. The van der Waals surface area contributed by atoms with Gasteiger partial charge in [0.2, 0.25) is 0 Å². The maximum atomic E-state index is 14.5. The second-order valence-electron chi connectivity index (χ2n) is 5.98. The van der Waals surface area contributed by atoms with Gasteiger partial charge in [-0.15, -0.1) is 0 Å². The molecule has 1 aromatic heterocycles. The lowest BCUT2D eigenvalue weighted by molar-refractivity contribution is 0.390. The van der Waals surface area contributed by atoms with Crippen molar-refractivity contribution < 1.29 is 4.39 Å². The van der Waals surface area contributed by atoms with Crippen molar-refractivity contribution in [3.8, 4) is 0 Å². The van der Waals surface area contributed by atoms with E-state index in [9.17, 15) is 4.39 Å². The summed E-state index contributed by atoms with van der Waals surface area (Å²) in [7, 11) is 0. The Morgan fingerprint density at radius 3 is 2.70 bits per heavy atom. The van der Waals surface area contributed by atoms with Gasteiger partial charge < -0.3 is 10.2 Å². The Labute approximate surface area is 121 Å². The Hall–Kier alpha value is -1.16. The quantitative estimate of drug-likeness (QED) is 0.896. The highest BCUT2D eigenvalue weighted by Crippen LogP contribution is 2.26. The van der Waals surface area contributed by atoms with Gasteiger partial charge in [0.1, 0.15) is 0 Å². The number of nitrogens with zero attached hydrogens (tertiary/aromatic N) is 2. The Balaban J connectivity index is 2.06. The number of rotatable bonds is 5. The molecule has 0 spiro atoms. The van der Waals surface area contributed by atoms with Gasteiger partial charge in [0, 0.05) is 37.4 Å². The first-order valence-corrected chi connectivity index (χ1v) is 7.73. The summed E-state index contributed by atoms with van der Waals surface area (Å²) in [5.74, 6) is 1.17. The largest absolute Gasteiger partial charge is 0.354 e. The minimum absolute atomic E-state index is 0.157. The zero-order chi connectivity index (χ0) is 14.5. The van der Waals surface area contributed by atoms with Crippen LogP contribution in [-0.4, -0.2) is 24.1 Å². The maximum absolute atomic E-state index is 14.5. The summed E-state index contributed by atoms with van der Waals surface area (Å²) >= 11 is 0. The van der Waals surface area contributed by atoms with Crippen molar-refractivity contribution in [2.45, 2.75) is 52.6 Å². The van der Waals surface area contributed by atoms with Gasteiger partial charge in [0.25, 0.3) is 0 Å². The van der Waals surface area contributed by atoms with Crippen molar-refractivity contribution >= 4 is 5.82 Å². The molecule has 2 heterocycles. The number of hydrogen-bond acceptors (Lipinski definition) is 3. The molecule has 1 aromatic rings. The van der Waals surface area contributed by atoms with Crippen LogP contribution in [0.15, 0.2) is 12.3 Å². The molecule has 3 nitrogen and oxygen atoms in total. The third-order valence-electron chi connectivity index (χ3n) is 4.14. The lowest BCUT2D eigenvalue weighted by Crippen LogP contribution is -2.35. The molecule has 2 rings (SSSR count). The van der Waals surface area contributed by atoms with Crippen molar-refractivity contribution in [3.63, 3.8) is 0 Å². The fourth-order valence-electron chi connectivity index (χ4n) is 2.70. The molecule has 0 atom stereocenters. The minimum atomic E-state index is -0.157. The summed E-state index contributed by atoms with van der Waals surface area (Å²) in [6.45, 7) is 8.76. The molecule has 1 fully saturated rings. The number of aromatic nitrogens is 1. The molecule has 1 aliphatic heterocycles. The second kappa shape index (κ2) is 7.02. The van der Waals surface area contributed by atoms with E-state index in [1.807, 2.05) is 0 Å². The average Bonchev–Trinajstić information content (AvgIpc) is 2.46. The number of anilines is 1. The fraction of sp³-hybridized carbons (Fsp3) is 0.688. The van der Waals surface area contributed by atoms with Crippen molar-refractivity contribution in [2.24, 2.45) is 5.92 Å². The van der Waals surface area contributed by atoms with Crippen LogP contribution >= 0.6 is 0 Å². The SMILES string of the molecule is CCC1CCN(c2nccc(CNC(C)C)c2F)CC1. The highest BCUT2D eigenvalue weighted by molar-refractivity contribution is 5.43. The van der Waals surface area contributed by atoms with Crippen LogP contribution in [0, 0.1) is 11.7 Å². The van der Waals surface area contributed by atoms with E-state index >= 15 is 0 Å². The minimum Gasteiger partial charge on any atom is -0.354 e. The molecule has 0 unspecified atom stereocenters. The van der Waals surface area contributed by atoms with Crippen molar-refractivity contribution in [2.75, 3.05) is 18.0 Å². The van der Waals surface area contributed by atoms with E-state index in [2.05, 4.69) is 36.0 Å². The van der Waals surface area contributed by atoms with Gasteiger partial charge in [-0.05, 0) is 24.8 Å². The average molecular weight is 279 g/mol. The molecule has 0 amide bonds. The topological polar surface area (TPSA) is 28.2 Å². The molecular weight excluding hydrogens is 253 g/mol. The van der Waals surface area contributed by atoms with Gasteiger partial charge in [-0.1, -0.05) is 27.2 Å². The smallest absolute Gasteiger partial charge is 0.170 e. The van der Waals surface area contributed by atoms with Crippen LogP contribution in [0.1, 0.15) is 45.6 Å². The van der Waals surface area contributed by atoms with Crippen LogP contribution in [0.25, 0.3) is 0 Å². The molecule has 0 saturated carbocycles. The van der Waals surface area contributed by atoms with E-state index in [-0.39, 0.29) is 5.82 Å². The number of hydrogen-bond donors (Lipinski definition) is 1. The van der Waals surface area contributed by atoms with Gasteiger partial charge in [-0.3, -0.25) is 0 Å². The van der Waals surface area contributed by atoms with E-state index in [1.54, 1.807) is 12.3 Å². The highest BCUT2D eigenvalue weighted by Gasteiger charge is 2.22. The fourth-order valence-corrected chi connectivity index (χ4v) is 2.70. The van der Waals surface area contributed by atoms with Crippen LogP contribution < -0.4 is 10.2 Å². The predicted molar refractivity (Wildman–Crippen MR) is 81.4 cm³/mol. The summed E-state index contributed by atoms with van der Waals surface area (Å²) in [6.07, 6.45) is 5.24. The molecule has 20 heavy (non-hydrogen) atoms. The molecule has 0 aromatic carbocycles. The third kappa shape index (κ3) is 3.69. The van der Waals surface area contributed by atoms with E-state index in [0.29, 0.717) is 24.0 Å². The number of piperidine rings is 1. The van der Waals surface area contributed by atoms with Crippen LogP contribution in [0.3, 0.4) is 0 Å². The number of pyridine rings is 1. The monoisotopic (exact) mass is 279 g/mol. The van der Waals surface area contributed by atoms with Crippen LogP contribution in [0.2, 0.25) is 0 Å². The van der Waals surface area contributed by atoms with Crippen LogP contribution in [0.4, 0.5) is 10.2 Å². The summed E-state index contributed by atoms with van der Waals surface area (Å²) in [5.41, 5.74) is 0.710. The number of nitrogens with one attached hydrogen (secondary N) is 1. The van der Waals surface area contributed by atoms with E-state index in [4.69, 9.17) is 0 Å². The van der Waals surface area contributed by atoms with Crippen molar-refractivity contribution in [3.05, 3.63) is 23.6 Å². The Kier molecular flexibility index (Phi) is 5.35. The molecule has 4 heteroatoms. The Morgan fingerprint density at radius 1 is 1.40 bits per heavy atom. The first kappa shape index (κ1) is 15.2. The zero-order valence-corrected chi connectivity index (χ0v) is 12.8. The molecule has 0 radical (unpaired) electrons. The molecule has 1 saturated heterocycles. The van der Waals surface area contributed by atoms with Gasteiger partial charge in [-0.25, -0.2) is 9.37 Å². The molecule has 112 valence electrons. The molecule has 0 bridgehead atoms. The summed E-state index contributed by atoms with van der Waals surface area (Å²) < 4.78 is 14.5. The predicted octanol–water partition coefficient (Wildman–Crippen LogP) is 3.35. The van der Waals surface area contributed by atoms with E-state index < -0.39 is 0 Å². The molecule has 1 aliphatic rings. The highest BCUT2D eigenvalue weighted by atomic mass is 19.1. The lowest BCUT2D eigenvalue weighted by Gasteiger charge is -2.32. The summed E-state index contributed by atoms with van der Waals surface area (Å²) in [5, 5.41) is 3.26. The van der Waals surface area contributed by atoms with Gasteiger partial charge in [-0.2, -0.15) is 0 Å². The summed E-state index contributed by atoms with van der Waals surface area (Å²) in [6, 6.07) is 2.12.